The van der Waals surface area contributed by atoms with Gasteiger partial charge < -0.3 is 19.8 Å². The number of carbonyl (C=O) groups is 1. The molecule has 2 heterocycles. The monoisotopic (exact) mass is 512 g/mol. The second kappa shape index (κ2) is 8.24. The number of hydrogen-bond acceptors (Lipinski definition) is 5. The van der Waals surface area contributed by atoms with E-state index in [1.807, 2.05) is 37.3 Å². The van der Waals surface area contributed by atoms with Gasteiger partial charge in [-0.05, 0) is 86.7 Å². The Balaban J connectivity index is 1.29. The van der Waals surface area contributed by atoms with E-state index in [4.69, 9.17) is 4.74 Å². The van der Waals surface area contributed by atoms with Crippen molar-refractivity contribution in [2.75, 3.05) is 20.1 Å². The van der Waals surface area contributed by atoms with Crippen LogP contribution in [0.1, 0.15) is 54.9 Å². The van der Waals surface area contributed by atoms with Crippen molar-refractivity contribution in [3.05, 3.63) is 58.7 Å². The first-order chi connectivity index (χ1) is 18.2. The average Bonchev–Trinajstić information content (AvgIpc) is 3.64. The maximum absolute atomic E-state index is 13.4. The zero-order valence-electron chi connectivity index (χ0n) is 22.4. The summed E-state index contributed by atoms with van der Waals surface area (Å²) in [6.07, 6.45) is 4.25. The van der Waals surface area contributed by atoms with E-state index in [1.165, 1.54) is 12.8 Å². The molecular weight excluding hydrogens is 476 g/mol. The van der Waals surface area contributed by atoms with E-state index in [0.717, 1.165) is 54.1 Å². The summed E-state index contributed by atoms with van der Waals surface area (Å²) in [5.41, 5.74) is 2.40. The molecule has 2 aromatic carbocycles. The van der Waals surface area contributed by atoms with Gasteiger partial charge in [0.15, 0.2) is 11.5 Å². The minimum absolute atomic E-state index is 0.00372. The first kappa shape index (κ1) is 24.1. The number of aliphatic hydroxyl groups is 1. The van der Waals surface area contributed by atoms with Gasteiger partial charge in [-0.1, -0.05) is 31.0 Å². The molecule has 6 nitrogen and oxygen atoms in total. The number of likely N-dealkylation sites (tertiary alicyclic amines) is 1. The third-order valence-corrected chi connectivity index (χ3v) is 10.3. The molecule has 38 heavy (non-hydrogen) atoms. The third-order valence-electron chi connectivity index (χ3n) is 10.3. The molecule has 5 aliphatic rings. The summed E-state index contributed by atoms with van der Waals surface area (Å²) in [6, 6.07) is 11.3. The highest BCUT2D eigenvalue weighted by Crippen LogP contribution is 2.67. The zero-order valence-corrected chi connectivity index (χ0v) is 22.4. The van der Waals surface area contributed by atoms with Crippen LogP contribution < -0.4 is 4.74 Å². The van der Waals surface area contributed by atoms with Gasteiger partial charge in [-0.2, -0.15) is 0 Å². The topological polar surface area (TPSA) is 73.2 Å². The molecule has 2 aliphatic heterocycles. The number of rotatable bonds is 3. The SMILES string of the molecule is Cc1cccc(C#CC(=O)N(C)[C@H]2C[C@H](C)[C@@]3(O)[C@H]4Cc5ccc(O)c6c5[C@@]3(CCN4CC3CC3)[C@@H]2O6)c1. The largest absolute Gasteiger partial charge is 0.504 e. The van der Waals surface area contributed by atoms with Crippen molar-refractivity contribution >= 4 is 5.91 Å². The standard InChI is InChI=1S/C32H36N2O4/c1-19-5-4-6-21(15-19)9-12-27(36)33(3)24-16-20(2)32(37)26-17-23-10-11-25(35)29-28(23)31(32,30(24)38-29)13-14-34(26)18-22-7-8-22/h4-6,10-11,15,20,22,24,26,30,35,37H,7-8,13-14,16-18H2,1-3H3/t20-,24-,26+,30+,31-,32+/m0/s1. The quantitative estimate of drug-likeness (QED) is 0.617. The van der Waals surface area contributed by atoms with Crippen LogP contribution in [0.25, 0.3) is 0 Å². The fourth-order valence-corrected chi connectivity index (χ4v) is 8.34. The van der Waals surface area contributed by atoms with Crippen LogP contribution in [0.15, 0.2) is 36.4 Å². The molecule has 2 N–H and O–H groups in total. The molecule has 6 heteroatoms. The van der Waals surface area contributed by atoms with E-state index in [1.54, 1.807) is 18.0 Å². The number of amides is 1. The highest BCUT2D eigenvalue weighted by molar-refractivity contribution is 5.94. The summed E-state index contributed by atoms with van der Waals surface area (Å²) in [4.78, 5) is 17.7. The molecule has 3 aliphatic carbocycles. The van der Waals surface area contributed by atoms with E-state index >= 15 is 0 Å². The number of aromatic hydroxyl groups is 1. The molecule has 1 saturated heterocycles. The van der Waals surface area contributed by atoms with Gasteiger partial charge >= 0.3 is 0 Å². The average molecular weight is 513 g/mol. The van der Waals surface area contributed by atoms with Crippen LogP contribution >= 0.6 is 0 Å². The third kappa shape index (κ3) is 3.18. The number of likely N-dealkylation sites (N-methyl/N-ethyl adjacent to an activating group) is 1. The maximum Gasteiger partial charge on any atom is 0.298 e. The number of carbonyl (C=O) groups excluding carboxylic acids is 1. The summed E-state index contributed by atoms with van der Waals surface area (Å²) >= 11 is 0. The van der Waals surface area contributed by atoms with Crippen molar-refractivity contribution in [2.45, 2.75) is 75.2 Å². The van der Waals surface area contributed by atoms with Crippen LogP contribution in [0.5, 0.6) is 11.5 Å². The molecule has 2 saturated carbocycles. The smallest absolute Gasteiger partial charge is 0.298 e. The van der Waals surface area contributed by atoms with Crippen molar-refractivity contribution in [1.82, 2.24) is 9.80 Å². The lowest BCUT2D eigenvalue weighted by Crippen LogP contribution is -2.80. The Bertz CT molecular complexity index is 1390. The Morgan fingerprint density at radius 1 is 1.26 bits per heavy atom. The van der Waals surface area contributed by atoms with E-state index in [9.17, 15) is 15.0 Å². The van der Waals surface area contributed by atoms with Gasteiger partial charge in [0.2, 0.25) is 0 Å². The number of nitrogens with zero attached hydrogens (tertiary/aromatic N) is 2. The molecule has 2 aromatic rings. The molecule has 1 amide bonds. The Labute approximate surface area is 224 Å². The zero-order chi connectivity index (χ0) is 26.4. The Morgan fingerprint density at radius 2 is 2.08 bits per heavy atom. The second-order valence-corrected chi connectivity index (χ2v) is 12.4. The number of hydrogen-bond donors (Lipinski definition) is 2. The van der Waals surface area contributed by atoms with E-state index in [-0.39, 0.29) is 29.7 Å². The normalized spacial score (nSPS) is 34.5. The number of piperidine rings is 1. The maximum atomic E-state index is 13.4. The molecule has 198 valence electrons. The first-order valence-corrected chi connectivity index (χ1v) is 14.1. The van der Waals surface area contributed by atoms with Crippen molar-refractivity contribution < 1.29 is 19.7 Å². The Hall–Kier alpha value is -3.01. The second-order valence-electron chi connectivity index (χ2n) is 12.4. The number of aryl methyl sites for hydroxylation is 1. The summed E-state index contributed by atoms with van der Waals surface area (Å²) < 4.78 is 6.64. The van der Waals surface area contributed by atoms with Crippen LogP contribution in [0.3, 0.4) is 0 Å². The lowest BCUT2D eigenvalue weighted by Gasteiger charge is -2.66. The van der Waals surface area contributed by atoms with E-state index in [0.29, 0.717) is 12.2 Å². The van der Waals surface area contributed by atoms with Crippen molar-refractivity contribution in [3.8, 4) is 23.3 Å². The summed E-state index contributed by atoms with van der Waals surface area (Å²) in [7, 11) is 1.81. The van der Waals surface area contributed by atoms with Gasteiger partial charge in [-0.15, -0.1) is 0 Å². The lowest BCUT2D eigenvalue weighted by molar-refractivity contribution is -0.224. The Morgan fingerprint density at radius 3 is 2.84 bits per heavy atom. The minimum Gasteiger partial charge on any atom is -0.504 e. The number of phenolic OH excluding ortho intramolecular Hbond substituents is 1. The van der Waals surface area contributed by atoms with Gasteiger partial charge in [0.1, 0.15) is 6.10 Å². The first-order valence-electron chi connectivity index (χ1n) is 14.1. The summed E-state index contributed by atoms with van der Waals surface area (Å²) in [6.45, 7) is 6.08. The van der Waals surface area contributed by atoms with Gasteiger partial charge in [-0.3, -0.25) is 9.69 Å². The number of benzene rings is 2. The highest BCUT2D eigenvalue weighted by atomic mass is 16.5. The van der Waals surface area contributed by atoms with Crippen LogP contribution in [0.4, 0.5) is 0 Å². The highest BCUT2D eigenvalue weighted by Gasteiger charge is 2.75. The van der Waals surface area contributed by atoms with E-state index < -0.39 is 17.1 Å². The molecule has 3 fully saturated rings. The van der Waals surface area contributed by atoms with Crippen LogP contribution in [-0.4, -0.2) is 69.8 Å². The van der Waals surface area contributed by atoms with E-state index in [2.05, 4.69) is 23.7 Å². The molecule has 2 bridgehead atoms. The van der Waals surface area contributed by atoms with Crippen LogP contribution in [0, 0.1) is 30.6 Å². The van der Waals surface area contributed by atoms with Gasteiger partial charge in [0, 0.05) is 36.7 Å². The number of ether oxygens (including phenoxy) is 1. The lowest BCUT2D eigenvalue weighted by atomic mass is 9.45. The van der Waals surface area contributed by atoms with Gasteiger partial charge in [-0.25, -0.2) is 0 Å². The predicted molar refractivity (Wildman–Crippen MR) is 144 cm³/mol. The van der Waals surface area contributed by atoms with Crippen LogP contribution in [-0.2, 0) is 16.6 Å². The Kier molecular flexibility index (Phi) is 5.22. The molecular formula is C32H36N2O4. The number of phenols is 1. The molecule has 0 unspecified atom stereocenters. The molecule has 6 atom stereocenters. The van der Waals surface area contributed by atoms with Crippen molar-refractivity contribution in [1.29, 1.82) is 0 Å². The molecule has 7 rings (SSSR count). The van der Waals surface area contributed by atoms with Gasteiger partial charge in [0.25, 0.3) is 5.91 Å². The summed E-state index contributed by atoms with van der Waals surface area (Å²) in [5, 5.41) is 23.7. The van der Waals surface area contributed by atoms with Crippen LogP contribution in [0.2, 0.25) is 0 Å². The molecule has 0 aromatic heterocycles. The van der Waals surface area contributed by atoms with Crippen molar-refractivity contribution in [2.24, 2.45) is 11.8 Å². The minimum atomic E-state index is -0.996. The molecule has 1 spiro atoms. The van der Waals surface area contributed by atoms with Crippen molar-refractivity contribution in [3.63, 3.8) is 0 Å². The fourth-order valence-electron chi connectivity index (χ4n) is 8.34. The fraction of sp³-hybridized carbons (Fsp3) is 0.531. The van der Waals surface area contributed by atoms with Gasteiger partial charge in [0.05, 0.1) is 17.1 Å². The summed E-state index contributed by atoms with van der Waals surface area (Å²) in [5.74, 6) is 6.93. The molecule has 0 radical (unpaired) electrons. The predicted octanol–water partition coefficient (Wildman–Crippen LogP) is 3.39.